The zero-order chi connectivity index (χ0) is 18.1. The third kappa shape index (κ3) is 2.97. The van der Waals surface area contributed by atoms with E-state index >= 15 is 0 Å². The number of ether oxygens (including phenoxy) is 1. The standard InChI is InChI=1S/C20H16FN3O2/c1-12-3-10-18(26-12)19-16-11-15(25-2)8-9-17(16)22-20(24-23-19)13-4-6-14(21)7-5-13/h3-11H,1-2H3,(H,22,24). The first-order valence-corrected chi connectivity index (χ1v) is 8.07. The van der Waals surface area contributed by atoms with Crippen molar-refractivity contribution in [3.05, 3.63) is 83.1 Å². The fourth-order valence-corrected chi connectivity index (χ4v) is 2.73. The van der Waals surface area contributed by atoms with Crippen LogP contribution in [0.3, 0.4) is 0 Å². The van der Waals surface area contributed by atoms with Crippen LogP contribution in [-0.2, 0) is 0 Å². The van der Waals surface area contributed by atoms with Crippen LogP contribution < -0.4 is 10.2 Å². The lowest BCUT2D eigenvalue weighted by molar-refractivity contribution is 0.415. The van der Waals surface area contributed by atoms with Gasteiger partial charge in [-0.3, -0.25) is 5.43 Å². The Morgan fingerprint density at radius 2 is 1.85 bits per heavy atom. The van der Waals surface area contributed by atoms with E-state index in [4.69, 9.17) is 9.15 Å². The largest absolute Gasteiger partial charge is 0.497 e. The van der Waals surface area contributed by atoms with Crippen LogP contribution >= 0.6 is 0 Å². The number of hydrogen-bond acceptors (Lipinski definition) is 5. The second-order valence-electron chi connectivity index (χ2n) is 5.83. The van der Waals surface area contributed by atoms with Crippen LogP contribution in [0.2, 0.25) is 0 Å². The van der Waals surface area contributed by atoms with Gasteiger partial charge in [-0.1, -0.05) is 0 Å². The molecule has 1 N–H and O–H groups in total. The molecule has 0 radical (unpaired) electrons. The molecule has 130 valence electrons. The number of amidine groups is 1. The maximum Gasteiger partial charge on any atom is 0.155 e. The molecule has 1 aliphatic rings. The van der Waals surface area contributed by atoms with Crippen LogP contribution in [0, 0.1) is 12.7 Å². The zero-order valence-corrected chi connectivity index (χ0v) is 14.3. The van der Waals surface area contributed by atoms with Crippen molar-refractivity contribution in [2.45, 2.75) is 6.92 Å². The van der Waals surface area contributed by atoms with Gasteiger partial charge in [-0.15, -0.1) is 0 Å². The van der Waals surface area contributed by atoms with Crippen LogP contribution in [0.1, 0.15) is 22.6 Å². The predicted octanol–water partition coefficient (Wildman–Crippen LogP) is 4.17. The molecule has 5 nitrogen and oxygen atoms in total. The number of benzene rings is 2. The van der Waals surface area contributed by atoms with E-state index in [2.05, 4.69) is 15.5 Å². The number of hydrogen-bond donors (Lipinski definition) is 1. The molecule has 0 aliphatic carbocycles. The maximum absolute atomic E-state index is 13.2. The first kappa shape index (κ1) is 16.1. The lowest BCUT2D eigenvalue weighted by Gasteiger charge is -2.07. The van der Waals surface area contributed by atoms with Gasteiger partial charge in [0.05, 0.1) is 12.8 Å². The number of furan rings is 1. The molecule has 1 aromatic heterocycles. The topological polar surface area (TPSA) is 59.1 Å². The highest BCUT2D eigenvalue weighted by molar-refractivity contribution is 6.16. The Kier molecular flexibility index (Phi) is 4.01. The van der Waals surface area contributed by atoms with E-state index in [-0.39, 0.29) is 5.82 Å². The molecule has 2 heterocycles. The van der Waals surface area contributed by atoms with Gasteiger partial charge in [0.1, 0.15) is 23.0 Å². The van der Waals surface area contributed by atoms with Gasteiger partial charge in [0.2, 0.25) is 0 Å². The zero-order valence-electron chi connectivity index (χ0n) is 14.3. The van der Waals surface area contributed by atoms with Crippen molar-refractivity contribution in [3.63, 3.8) is 0 Å². The van der Waals surface area contributed by atoms with Gasteiger partial charge in [-0.05, 0) is 61.5 Å². The summed E-state index contributed by atoms with van der Waals surface area (Å²) in [6.07, 6.45) is 0. The molecule has 0 atom stereocenters. The third-order valence-electron chi connectivity index (χ3n) is 4.06. The number of fused-ring (bicyclic) bond motifs is 1. The smallest absolute Gasteiger partial charge is 0.155 e. The van der Waals surface area contributed by atoms with Crippen molar-refractivity contribution in [3.8, 4) is 5.75 Å². The molecular weight excluding hydrogens is 333 g/mol. The summed E-state index contributed by atoms with van der Waals surface area (Å²) < 4.78 is 24.3. The minimum Gasteiger partial charge on any atom is -0.497 e. The van der Waals surface area contributed by atoms with Crippen molar-refractivity contribution in [2.24, 2.45) is 10.1 Å². The highest BCUT2D eigenvalue weighted by Gasteiger charge is 2.20. The van der Waals surface area contributed by atoms with Crippen molar-refractivity contribution in [1.29, 1.82) is 0 Å². The van der Waals surface area contributed by atoms with Crippen LogP contribution in [0.4, 0.5) is 10.1 Å². The molecule has 0 fully saturated rings. The number of nitrogens with zero attached hydrogens (tertiary/aromatic N) is 2. The highest BCUT2D eigenvalue weighted by Crippen LogP contribution is 2.30. The van der Waals surface area contributed by atoms with Gasteiger partial charge in [0, 0.05) is 11.1 Å². The molecule has 0 spiro atoms. The van der Waals surface area contributed by atoms with Crippen LogP contribution in [0.5, 0.6) is 5.75 Å². The Morgan fingerprint density at radius 1 is 1.04 bits per heavy atom. The number of halogens is 1. The molecule has 0 saturated heterocycles. The van der Waals surface area contributed by atoms with Gasteiger partial charge >= 0.3 is 0 Å². The number of aliphatic imine (C=N–C) groups is 1. The average molecular weight is 349 g/mol. The first-order valence-electron chi connectivity index (χ1n) is 8.07. The summed E-state index contributed by atoms with van der Waals surface area (Å²) in [5.74, 6) is 2.33. The monoisotopic (exact) mass is 349 g/mol. The van der Waals surface area contributed by atoms with Crippen molar-refractivity contribution < 1.29 is 13.5 Å². The Bertz CT molecular complexity index is 1020. The van der Waals surface area contributed by atoms with Crippen molar-refractivity contribution >= 4 is 17.2 Å². The van der Waals surface area contributed by atoms with E-state index in [0.29, 0.717) is 28.7 Å². The summed E-state index contributed by atoms with van der Waals surface area (Å²) in [6.45, 7) is 1.88. The Labute approximate surface area is 149 Å². The fraction of sp³-hybridized carbons (Fsp3) is 0.100. The average Bonchev–Trinajstić information content (AvgIpc) is 2.99. The number of nitrogens with one attached hydrogen (secondary N) is 1. The molecule has 0 bridgehead atoms. The SMILES string of the molecule is COc1ccc2c(c1)C(c1ccc(C)o1)=NNC(c1ccc(F)cc1)=N2. The van der Waals surface area contributed by atoms with Gasteiger partial charge in [-0.2, -0.15) is 5.10 Å². The van der Waals surface area contributed by atoms with E-state index in [1.807, 2.05) is 37.3 Å². The molecule has 2 aromatic carbocycles. The van der Waals surface area contributed by atoms with Crippen LogP contribution in [0.25, 0.3) is 0 Å². The summed E-state index contributed by atoms with van der Waals surface area (Å²) >= 11 is 0. The lowest BCUT2D eigenvalue weighted by Crippen LogP contribution is -2.19. The number of aryl methyl sites for hydroxylation is 1. The van der Waals surface area contributed by atoms with Crippen LogP contribution in [-0.4, -0.2) is 18.7 Å². The number of rotatable bonds is 3. The van der Waals surface area contributed by atoms with Crippen molar-refractivity contribution in [2.75, 3.05) is 7.11 Å². The summed E-state index contributed by atoms with van der Waals surface area (Å²) in [7, 11) is 1.61. The predicted molar refractivity (Wildman–Crippen MR) is 97.8 cm³/mol. The van der Waals surface area contributed by atoms with E-state index in [9.17, 15) is 4.39 Å². The third-order valence-corrected chi connectivity index (χ3v) is 4.06. The summed E-state index contributed by atoms with van der Waals surface area (Å²) in [4.78, 5) is 4.67. The first-order chi connectivity index (χ1) is 12.6. The molecule has 6 heteroatoms. The molecule has 0 saturated carbocycles. The van der Waals surface area contributed by atoms with Gasteiger partial charge in [0.25, 0.3) is 0 Å². The quantitative estimate of drug-likeness (QED) is 0.772. The normalized spacial score (nSPS) is 13.2. The van der Waals surface area contributed by atoms with Gasteiger partial charge < -0.3 is 9.15 Å². The summed E-state index contributed by atoms with van der Waals surface area (Å²) in [5.41, 5.74) is 5.81. The van der Waals surface area contributed by atoms with E-state index in [0.717, 1.165) is 16.9 Å². The molecule has 1 aliphatic heterocycles. The lowest BCUT2D eigenvalue weighted by atomic mass is 10.1. The highest BCUT2D eigenvalue weighted by atomic mass is 19.1. The summed E-state index contributed by atoms with van der Waals surface area (Å²) in [5, 5.41) is 4.50. The number of hydrazone groups is 1. The Hall–Kier alpha value is -3.41. The van der Waals surface area contributed by atoms with E-state index in [1.165, 1.54) is 12.1 Å². The van der Waals surface area contributed by atoms with Gasteiger partial charge in [-0.25, -0.2) is 9.38 Å². The molecular formula is C20H16FN3O2. The fourth-order valence-electron chi connectivity index (χ4n) is 2.73. The second-order valence-corrected chi connectivity index (χ2v) is 5.83. The molecule has 0 amide bonds. The molecule has 4 rings (SSSR count). The Morgan fingerprint density at radius 3 is 2.54 bits per heavy atom. The van der Waals surface area contributed by atoms with Crippen LogP contribution in [0.15, 0.2) is 69.1 Å². The Balaban J connectivity index is 1.86. The molecule has 0 unspecified atom stereocenters. The van der Waals surface area contributed by atoms with E-state index < -0.39 is 0 Å². The molecule has 3 aromatic rings. The minimum absolute atomic E-state index is 0.302. The minimum atomic E-state index is -0.302. The second kappa shape index (κ2) is 6.48. The van der Waals surface area contributed by atoms with Crippen molar-refractivity contribution in [1.82, 2.24) is 5.43 Å². The van der Waals surface area contributed by atoms with Gasteiger partial charge in [0.15, 0.2) is 11.6 Å². The van der Waals surface area contributed by atoms with E-state index in [1.54, 1.807) is 19.2 Å². The summed E-state index contributed by atoms with van der Waals surface area (Å²) in [6, 6.07) is 15.4. The number of methoxy groups -OCH3 is 1. The molecule has 26 heavy (non-hydrogen) atoms. The maximum atomic E-state index is 13.2.